The highest BCUT2D eigenvalue weighted by Gasteiger charge is 2.17. The number of piperidine rings is 1. The lowest BCUT2D eigenvalue weighted by Gasteiger charge is -2.32. The average molecular weight is 289 g/mol. The molecule has 0 aromatic heterocycles. The van der Waals surface area contributed by atoms with Gasteiger partial charge in [-0.3, -0.25) is 4.79 Å². The summed E-state index contributed by atoms with van der Waals surface area (Å²) in [7, 11) is 0. The normalized spacial score (nSPS) is 16.9. The maximum atomic E-state index is 11.0. The van der Waals surface area contributed by atoms with Crippen molar-refractivity contribution in [2.75, 3.05) is 25.0 Å². The SMILES string of the molecule is CCCN1CCC(NCc2ccc(NC(C)=O)cc2)CC1. The predicted molar refractivity (Wildman–Crippen MR) is 87.3 cm³/mol. The van der Waals surface area contributed by atoms with Gasteiger partial charge >= 0.3 is 0 Å². The van der Waals surface area contributed by atoms with Crippen molar-refractivity contribution >= 4 is 11.6 Å². The number of likely N-dealkylation sites (tertiary alicyclic amines) is 1. The zero-order valence-corrected chi connectivity index (χ0v) is 13.2. The van der Waals surface area contributed by atoms with E-state index in [9.17, 15) is 4.79 Å². The number of rotatable bonds is 6. The third-order valence-corrected chi connectivity index (χ3v) is 4.00. The van der Waals surface area contributed by atoms with Crippen molar-refractivity contribution in [3.8, 4) is 0 Å². The van der Waals surface area contributed by atoms with Gasteiger partial charge in [-0.15, -0.1) is 0 Å². The number of benzene rings is 1. The molecule has 0 unspecified atom stereocenters. The number of hydrogen-bond donors (Lipinski definition) is 2. The van der Waals surface area contributed by atoms with Crippen LogP contribution in [0.1, 0.15) is 38.7 Å². The molecule has 1 fully saturated rings. The lowest BCUT2D eigenvalue weighted by atomic mass is 10.0. The minimum Gasteiger partial charge on any atom is -0.326 e. The summed E-state index contributed by atoms with van der Waals surface area (Å²) in [6.07, 6.45) is 3.73. The first-order valence-electron chi connectivity index (χ1n) is 7.99. The molecule has 0 saturated carbocycles. The van der Waals surface area contributed by atoms with E-state index in [2.05, 4.69) is 34.6 Å². The molecule has 4 nitrogen and oxygen atoms in total. The van der Waals surface area contributed by atoms with Crippen molar-refractivity contribution in [1.29, 1.82) is 0 Å². The summed E-state index contributed by atoms with van der Waals surface area (Å²) < 4.78 is 0. The van der Waals surface area contributed by atoms with Crippen LogP contribution in [0.4, 0.5) is 5.69 Å². The van der Waals surface area contributed by atoms with Gasteiger partial charge in [0.2, 0.25) is 5.91 Å². The van der Waals surface area contributed by atoms with Gasteiger partial charge in [-0.2, -0.15) is 0 Å². The van der Waals surface area contributed by atoms with Crippen LogP contribution in [0.25, 0.3) is 0 Å². The molecule has 21 heavy (non-hydrogen) atoms. The molecule has 2 rings (SSSR count). The molecule has 0 radical (unpaired) electrons. The van der Waals surface area contributed by atoms with Crippen molar-refractivity contribution in [1.82, 2.24) is 10.2 Å². The molecule has 1 saturated heterocycles. The van der Waals surface area contributed by atoms with E-state index in [0.29, 0.717) is 6.04 Å². The van der Waals surface area contributed by atoms with Gasteiger partial charge in [0, 0.05) is 25.2 Å². The summed E-state index contributed by atoms with van der Waals surface area (Å²) in [6.45, 7) is 8.34. The van der Waals surface area contributed by atoms with Crippen LogP contribution in [0.5, 0.6) is 0 Å². The average Bonchev–Trinajstić information content (AvgIpc) is 2.48. The summed E-state index contributed by atoms with van der Waals surface area (Å²) in [6, 6.07) is 8.70. The van der Waals surface area contributed by atoms with Gasteiger partial charge in [0.25, 0.3) is 0 Å². The molecule has 1 amide bonds. The molecule has 116 valence electrons. The Morgan fingerprint density at radius 1 is 1.24 bits per heavy atom. The smallest absolute Gasteiger partial charge is 0.221 e. The van der Waals surface area contributed by atoms with E-state index >= 15 is 0 Å². The van der Waals surface area contributed by atoms with E-state index < -0.39 is 0 Å². The standard InChI is InChI=1S/C17H27N3O/c1-3-10-20-11-8-16(9-12-20)18-13-15-4-6-17(7-5-15)19-14(2)21/h4-7,16,18H,3,8-13H2,1-2H3,(H,19,21). The van der Waals surface area contributed by atoms with Crippen LogP contribution < -0.4 is 10.6 Å². The molecule has 4 heteroatoms. The fourth-order valence-electron chi connectivity index (χ4n) is 2.85. The van der Waals surface area contributed by atoms with E-state index in [0.717, 1.165) is 12.2 Å². The minimum atomic E-state index is -0.0280. The maximum absolute atomic E-state index is 11.0. The Balaban J connectivity index is 1.72. The topological polar surface area (TPSA) is 44.4 Å². The number of carbonyl (C=O) groups is 1. The minimum absolute atomic E-state index is 0.0280. The Labute approximate surface area is 127 Å². The Kier molecular flexibility index (Phi) is 6.21. The van der Waals surface area contributed by atoms with Gasteiger partial charge in [0.05, 0.1) is 0 Å². The van der Waals surface area contributed by atoms with Crippen molar-refractivity contribution in [2.45, 2.75) is 45.7 Å². The van der Waals surface area contributed by atoms with Crippen LogP contribution in [0.3, 0.4) is 0 Å². The number of anilines is 1. The van der Waals surface area contributed by atoms with Gasteiger partial charge in [-0.1, -0.05) is 19.1 Å². The highest BCUT2D eigenvalue weighted by atomic mass is 16.1. The lowest BCUT2D eigenvalue weighted by Crippen LogP contribution is -2.42. The summed E-state index contributed by atoms with van der Waals surface area (Å²) in [5.74, 6) is -0.0280. The summed E-state index contributed by atoms with van der Waals surface area (Å²) in [4.78, 5) is 13.5. The van der Waals surface area contributed by atoms with E-state index in [1.807, 2.05) is 12.1 Å². The van der Waals surface area contributed by atoms with Crippen LogP contribution in [0.2, 0.25) is 0 Å². The van der Waals surface area contributed by atoms with Crippen LogP contribution in [0.15, 0.2) is 24.3 Å². The maximum Gasteiger partial charge on any atom is 0.221 e. The number of hydrogen-bond acceptors (Lipinski definition) is 3. The summed E-state index contributed by atoms with van der Waals surface area (Å²) in [5.41, 5.74) is 2.12. The lowest BCUT2D eigenvalue weighted by molar-refractivity contribution is -0.114. The van der Waals surface area contributed by atoms with Crippen molar-refractivity contribution in [3.05, 3.63) is 29.8 Å². The fraction of sp³-hybridized carbons (Fsp3) is 0.588. The first-order valence-corrected chi connectivity index (χ1v) is 7.99. The molecule has 1 aromatic rings. The highest BCUT2D eigenvalue weighted by Crippen LogP contribution is 2.13. The van der Waals surface area contributed by atoms with Crippen molar-refractivity contribution < 1.29 is 4.79 Å². The van der Waals surface area contributed by atoms with E-state index in [1.54, 1.807) is 0 Å². The molecule has 1 aliphatic rings. The first kappa shape index (κ1) is 16.0. The van der Waals surface area contributed by atoms with Gasteiger partial charge in [-0.25, -0.2) is 0 Å². The van der Waals surface area contributed by atoms with Crippen LogP contribution in [0, 0.1) is 0 Å². The number of nitrogens with zero attached hydrogens (tertiary/aromatic N) is 1. The number of amides is 1. The number of carbonyl (C=O) groups excluding carboxylic acids is 1. The summed E-state index contributed by atoms with van der Waals surface area (Å²) >= 11 is 0. The molecular formula is C17H27N3O. The largest absolute Gasteiger partial charge is 0.326 e. The van der Waals surface area contributed by atoms with E-state index in [-0.39, 0.29) is 5.91 Å². The molecular weight excluding hydrogens is 262 g/mol. The molecule has 1 heterocycles. The van der Waals surface area contributed by atoms with Gasteiger partial charge in [0.1, 0.15) is 0 Å². The second kappa shape index (κ2) is 8.15. The van der Waals surface area contributed by atoms with E-state index in [1.165, 1.54) is 51.4 Å². The predicted octanol–water partition coefficient (Wildman–Crippen LogP) is 2.61. The van der Waals surface area contributed by atoms with Crippen LogP contribution in [-0.2, 0) is 11.3 Å². The van der Waals surface area contributed by atoms with Crippen molar-refractivity contribution in [3.63, 3.8) is 0 Å². The highest BCUT2D eigenvalue weighted by molar-refractivity contribution is 5.88. The van der Waals surface area contributed by atoms with Crippen molar-refractivity contribution in [2.24, 2.45) is 0 Å². The van der Waals surface area contributed by atoms with Gasteiger partial charge in [0.15, 0.2) is 0 Å². The molecule has 0 aliphatic carbocycles. The Hall–Kier alpha value is -1.39. The fourth-order valence-corrected chi connectivity index (χ4v) is 2.85. The molecule has 0 spiro atoms. The Bertz CT molecular complexity index is 436. The third kappa shape index (κ3) is 5.48. The third-order valence-electron chi connectivity index (χ3n) is 4.00. The Morgan fingerprint density at radius 3 is 2.48 bits per heavy atom. The van der Waals surface area contributed by atoms with Crippen LogP contribution >= 0.6 is 0 Å². The molecule has 0 bridgehead atoms. The molecule has 2 N–H and O–H groups in total. The monoisotopic (exact) mass is 289 g/mol. The molecule has 1 aliphatic heterocycles. The van der Waals surface area contributed by atoms with Gasteiger partial charge in [-0.05, 0) is 56.6 Å². The van der Waals surface area contributed by atoms with Gasteiger partial charge < -0.3 is 15.5 Å². The summed E-state index contributed by atoms with van der Waals surface area (Å²) in [5, 5.41) is 6.44. The quantitative estimate of drug-likeness (QED) is 0.846. The molecule has 0 atom stereocenters. The zero-order chi connectivity index (χ0) is 15.1. The van der Waals surface area contributed by atoms with E-state index in [4.69, 9.17) is 0 Å². The number of nitrogens with one attached hydrogen (secondary N) is 2. The second-order valence-electron chi connectivity index (χ2n) is 5.87. The molecule has 1 aromatic carbocycles. The zero-order valence-electron chi connectivity index (χ0n) is 13.2. The Morgan fingerprint density at radius 2 is 1.90 bits per heavy atom. The van der Waals surface area contributed by atoms with Crippen LogP contribution in [-0.4, -0.2) is 36.5 Å². The first-order chi connectivity index (χ1) is 10.2. The second-order valence-corrected chi connectivity index (χ2v) is 5.87.